The zero-order valence-corrected chi connectivity index (χ0v) is 9.01. The summed E-state index contributed by atoms with van der Waals surface area (Å²) in [5, 5.41) is 18.6. The third-order valence-electron chi connectivity index (χ3n) is 1.67. The van der Waals surface area contributed by atoms with Crippen LogP contribution in [-0.4, -0.2) is 10.2 Å². The molecule has 0 radical (unpaired) electrons. The first-order valence-corrected chi connectivity index (χ1v) is 5.23. The van der Waals surface area contributed by atoms with Crippen LogP contribution in [0.4, 0.5) is 5.82 Å². The second kappa shape index (κ2) is 4.26. The van der Waals surface area contributed by atoms with Gasteiger partial charge in [-0.1, -0.05) is 11.6 Å². The maximum absolute atomic E-state index is 8.37. The number of nitrogens with one attached hydrogen (secondary N) is 1. The largest absolute Gasteiger partial charge is 0.275 e. The number of thiophene rings is 1. The zero-order valence-electron chi connectivity index (χ0n) is 7.44. The molecule has 0 aliphatic rings. The van der Waals surface area contributed by atoms with Crippen LogP contribution in [0.2, 0.25) is 4.34 Å². The van der Waals surface area contributed by atoms with Gasteiger partial charge in [0.25, 0.3) is 0 Å². The van der Waals surface area contributed by atoms with Crippen LogP contribution >= 0.6 is 22.9 Å². The van der Waals surface area contributed by atoms with E-state index in [-0.39, 0.29) is 0 Å². The molecule has 2 heterocycles. The van der Waals surface area contributed by atoms with E-state index in [1.807, 2.05) is 12.1 Å². The molecule has 0 fully saturated rings. The number of nitriles is 1. The first-order chi connectivity index (χ1) is 7.29. The van der Waals surface area contributed by atoms with Gasteiger partial charge < -0.3 is 0 Å². The Bertz CT molecular complexity index is 500. The lowest BCUT2D eigenvalue weighted by Gasteiger charge is -1.96. The molecule has 2 aromatic heterocycles. The molecule has 4 nitrogen and oxygen atoms in total. The van der Waals surface area contributed by atoms with Crippen molar-refractivity contribution >= 4 is 28.8 Å². The number of hydrogen-bond donors (Lipinski definition) is 1. The molecule has 0 amide bonds. The van der Waals surface area contributed by atoms with Crippen LogP contribution in [-0.2, 0) is 0 Å². The van der Waals surface area contributed by atoms with Gasteiger partial charge in [-0.25, -0.2) is 0 Å². The Hall–Kier alpha value is -1.64. The molecule has 0 bridgehead atoms. The van der Waals surface area contributed by atoms with Gasteiger partial charge in [0.15, 0.2) is 12.0 Å². The standard InChI is InChI=1S/C9H5ClN4S/c10-8-3-2-7(15-8)6-1-4-9(12-5-11)14-13-6/h1-4H,(H,12,14). The topological polar surface area (TPSA) is 61.6 Å². The van der Waals surface area contributed by atoms with Crippen molar-refractivity contribution in [3.8, 4) is 16.8 Å². The normalized spacial score (nSPS) is 9.60. The van der Waals surface area contributed by atoms with Gasteiger partial charge in [-0.3, -0.25) is 5.32 Å². The fourth-order valence-corrected chi connectivity index (χ4v) is 2.05. The van der Waals surface area contributed by atoms with Crippen LogP contribution < -0.4 is 5.32 Å². The average molecular weight is 237 g/mol. The lowest BCUT2D eigenvalue weighted by atomic mass is 10.3. The molecular formula is C9H5ClN4S. The fourth-order valence-electron chi connectivity index (χ4n) is 1.04. The smallest absolute Gasteiger partial charge is 0.182 e. The summed E-state index contributed by atoms with van der Waals surface area (Å²) in [7, 11) is 0. The molecule has 0 aliphatic heterocycles. The molecule has 0 aromatic carbocycles. The van der Waals surface area contributed by atoms with Crippen molar-refractivity contribution in [2.45, 2.75) is 0 Å². The highest BCUT2D eigenvalue weighted by Gasteiger charge is 2.03. The Morgan fingerprint density at radius 2 is 2.13 bits per heavy atom. The highest BCUT2D eigenvalue weighted by atomic mass is 35.5. The molecule has 0 aliphatic carbocycles. The van der Waals surface area contributed by atoms with Crippen LogP contribution in [0.25, 0.3) is 10.6 Å². The van der Waals surface area contributed by atoms with Crippen molar-refractivity contribution in [3.63, 3.8) is 0 Å². The summed E-state index contributed by atoms with van der Waals surface area (Å²) >= 11 is 7.24. The Balaban J connectivity index is 2.28. The third-order valence-corrected chi connectivity index (χ3v) is 2.93. The van der Waals surface area contributed by atoms with Crippen LogP contribution in [0.1, 0.15) is 0 Å². The number of aromatic nitrogens is 2. The number of hydrogen-bond acceptors (Lipinski definition) is 5. The van der Waals surface area contributed by atoms with E-state index >= 15 is 0 Å². The number of anilines is 1. The molecule has 0 atom stereocenters. The quantitative estimate of drug-likeness (QED) is 0.643. The second-order valence-corrected chi connectivity index (χ2v) is 4.36. The molecule has 0 unspecified atom stereocenters. The predicted octanol–water partition coefficient (Wildman–Crippen LogP) is 2.75. The van der Waals surface area contributed by atoms with Crippen molar-refractivity contribution in [1.82, 2.24) is 10.2 Å². The molecule has 74 valence electrons. The van der Waals surface area contributed by atoms with Crippen LogP contribution in [0.15, 0.2) is 24.3 Å². The van der Waals surface area contributed by atoms with Crippen molar-refractivity contribution in [2.75, 3.05) is 5.32 Å². The maximum Gasteiger partial charge on any atom is 0.182 e. The SMILES string of the molecule is N#CNc1ccc(-c2ccc(Cl)s2)nn1. The first kappa shape index (κ1) is 9.90. The number of rotatable bonds is 2. The second-order valence-electron chi connectivity index (χ2n) is 2.64. The minimum atomic E-state index is 0.434. The van der Waals surface area contributed by atoms with Crippen molar-refractivity contribution < 1.29 is 0 Å². The summed E-state index contributed by atoms with van der Waals surface area (Å²) < 4.78 is 0.714. The Kier molecular flexibility index (Phi) is 2.81. The lowest BCUT2D eigenvalue weighted by Crippen LogP contribution is -1.93. The van der Waals surface area contributed by atoms with Crippen LogP contribution in [0.5, 0.6) is 0 Å². The Labute approximate surface area is 95.1 Å². The summed E-state index contributed by atoms with van der Waals surface area (Å²) in [6.45, 7) is 0. The summed E-state index contributed by atoms with van der Waals surface area (Å²) in [6.07, 6.45) is 1.78. The molecule has 6 heteroatoms. The summed E-state index contributed by atoms with van der Waals surface area (Å²) in [5.74, 6) is 0.434. The number of nitrogens with zero attached hydrogens (tertiary/aromatic N) is 3. The van der Waals surface area contributed by atoms with Gasteiger partial charge in [0.1, 0.15) is 5.69 Å². The van der Waals surface area contributed by atoms with Gasteiger partial charge in [-0.2, -0.15) is 5.26 Å². The molecule has 1 N–H and O–H groups in total. The van der Waals surface area contributed by atoms with Gasteiger partial charge in [0.05, 0.1) is 9.21 Å². The Morgan fingerprint density at radius 3 is 2.67 bits per heavy atom. The molecule has 0 spiro atoms. The van der Waals surface area contributed by atoms with Crippen LogP contribution in [0, 0.1) is 11.5 Å². The Morgan fingerprint density at radius 1 is 1.27 bits per heavy atom. The van der Waals surface area contributed by atoms with Gasteiger partial charge in [0, 0.05) is 0 Å². The lowest BCUT2D eigenvalue weighted by molar-refractivity contribution is 1.05. The average Bonchev–Trinajstić information content (AvgIpc) is 2.67. The fraction of sp³-hybridized carbons (Fsp3) is 0. The van der Waals surface area contributed by atoms with E-state index < -0.39 is 0 Å². The van der Waals surface area contributed by atoms with Gasteiger partial charge in [-0.05, 0) is 24.3 Å². The van der Waals surface area contributed by atoms with Gasteiger partial charge >= 0.3 is 0 Å². The summed E-state index contributed by atoms with van der Waals surface area (Å²) in [6, 6.07) is 7.17. The van der Waals surface area contributed by atoms with Gasteiger partial charge in [0.2, 0.25) is 0 Å². The monoisotopic (exact) mass is 236 g/mol. The van der Waals surface area contributed by atoms with E-state index in [1.165, 1.54) is 11.3 Å². The molecule has 0 saturated carbocycles. The summed E-state index contributed by atoms with van der Waals surface area (Å²) in [5.41, 5.74) is 0.746. The molecule has 2 aromatic rings. The van der Waals surface area contributed by atoms with Crippen molar-refractivity contribution in [2.24, 2.45) is 0 Å². The predicted molar refractivity (Wildman–Crippen MR) is 59.6 cm³/mol. The van der Waals surface area contributed by atoms with Crippen LogP contribution in [0.3, 0.4) is 0 Å². The van der Waals surface area contributed by atoms with E-state index in [0.29, 0.717) is 10.2 Å². The van der Waals surface area contributed by atoms with E-state index in [4.69, 9.17) is 16.9 Å². The minimum absolute atomic E-state index is 0.434. The molecular weight excluding hydrogens is 232 g/mol. The molecule has 2 rings (SSSR count). The van der Waals surface area contributed by atoms with E-state index in [0.717, 1.165) is 10.6 Å². The number of halogens is 1. The highest BCUT2D eigenvalue weighted by molar-refractivity contribution is 7.19. The maximum atomic E-state index is 8.37. The molecule has 15 heavy (non-hydrogen) atoms. The third kappa shape index (κ3) is 2.24. The van der Waals surface area contributed by atoms with Crippen molar-refractivity contribution in [1.29, 1.82) is 5.26 Å². The van der Waals surface area contributed by atoms with Gasteiger partial charge in [-0.15, -0.1) is 21.5 Å². The molecule has 0 saturated heterocycles. The van der Waals surface area contributed by atoms with E-state index in [2.05, 4.69) is 15.5 Å². The van der Waals surface area contributed by atoms with E-state index in [1.54, 1.807) is 18.3 Å². The highest BCUT2D eigenvalue weighted by Crippen LogP contribution is 2.29. The zero-order chi connectivity index (χ0) is 10.7. The van der Waals surface area contributed by atoms with Crippen molar-refractivity contribution in [3.05, 3.63) is 28.6 Å². The van der Waals surface area contributed by atoms with E-state index in [9.17, 15) is 0 Å². The minimum Gasteiger partial charge on any atom is -0.275 e. The first-order valence-electron chi connectivity index (χ1n) is 4.04. The summed E-state index contributed by atoms with van der Waals surface area (Å²) in [4.78, 5) is 0.955.